The number of ketones is 1. The highest BCUT2D eigenvalue weighted by Gasteiger charge is 2.49. The van der Waals surface area contributed by atoms with E-state index in [0.29, 0.717) is 18.6 Å². The highest BCUT2D eigenvalue weighted by molar-refractivity contribution is 6.74. The first-order valence-electron chi connectivity index (χ1n) is 11.1. The Morgan fingerprint density at radius 2 is 1.80 bits per heavy atom. The Kier molecular flexibility index (Phi) is 5.54. The van der Waals surface area contributed by atoms with Gasteiger partial charge in [-0.1, -0.05) is 20.8 Å². The van der Waals surface area contributed by atoms with Crippen molar-refractivity contribution in [2.75, 3.05) is 0 Å². The predicted molar refractivity (Wildman–Crippen MR) is 123 cm³/mol. The van der Waals surface area contributed by atoms with Crippen LogP contribution in [-0.2, 0) is 15.0 Å². The van der Waals surface area contributed by atoms with E-state index in [0.717, 1.165) is 35.3 Å². The molecule has 0 amide bonds. The van der Waals surface area contributed by atoms with Crippen molar-refractivity contribution in [2.24, 2.45) is 5.92 Å². The monoisotopic (exact) mass is 430 g/mol. The highest BCUT2D eigenvalue weighted by atomic mass is 28.4. The molecule has 166 valence electrons. The molecule has 0 saturated heterocycles. The molecule has 2 atom stereocenters. The zero-order valence-electron chi connectivity index (χ0n) is 20.1. The topological polar surface area (TPSA) is 52.6 Å². The van der Waals surface area contributed by atoms with Crippen molar-refractivity contribution < 1.29 is 18.8 Å². The van der Waals surface area contributed by atoms with E-state index < -0.39 is 13.7 Å². The van der Waals surface area contributed by atoms with Crippen LogP contribution in [0, 0.1) is 5.92 Å². The average Bonchev–Trinajstić information content (AvgIpc) is 2.59. The van der Waals surface area contributed by atoms with Gasteiger partial charge in [0.1, 0.15) is 29.2 Å². The van der Waals surface area contributed by atoms with E-state index in [1.807, 2.05) is 26.0 Å². The van der Waals surface area contributed by atoms with E-state index in [1.54, 1.807) is 0 Å². The second kappa shape index (κ2) is 7.22. The van der Waals surface area contributed by atoms with Gasteiger partial charge in [0.25, 0.3) is 0 Å². The van der Waals surface area contributed by atoms with Crippen molar-refractivity contribution >= 4 is 20.4 Å². The molecule has 1 saturated carbocycles. The molecule has 4 nitrogen and oxygen atoms in total. The van der Waals surface area contributed by atoms with E-state index in [9.17, 15) is 9.59 Å². The van der Waals surface area contributed by atoms with Crippen LogP contribution >= 0.6 is 0 Å². The van der Waals surface area contributed by atoms with Crippen molar-refractivity contribution in [3.05, 3.63) is 23.3 Å². The van der Waals surface area contributed by atoms with Gasteiger partial charge in [0.2, 0.25) is 8.32 Å². The summed E-state index contributed by atoms with van der Waals surface area (Å²) in [5.74, 6) is 2.27. The summed E-state index contributed by atoms with van der Waals surface area (Å²) in [6.07, 6.45) is 2.98. The van der Waals surface area contributed by atoms with Crippen LogP contribution in [0.25, 0.3) is 0 Å². The van der Waals surface area contributed by atoms with Crippen LogP contribution in [0.15, 0.2) is 12.1 Å². The zero-order chi connectivity index (χ0) is 22.7. The quantitative estimate of drug-likeness (QED) is 0.423. The normalized spacial score (nSPS) is 23.8. The second-order valence-corrected chi connectivity index (χ2v) is 16.5. The van der Waals surface area contributed by atoms with E-state index in [4.69, 9.17) is 9.16 Å². The highest BCUT2D eigenvalue weighted by Crippen LogP contribution is 2.55. The van der Waals surface area contributed by atoms with Crippen LogP contribution in [0.1, 0.15) is 84.8 Å². The molecule has 0 aromatic heterocycles. The number of benzene rings is 1. The Bertz CT molecular complexity index is 861. The molecule has 2 aliphatic rings. The van der Waals surface area contributed by atoms with Crippen molar-refractivity contribution in [1.29, 1.82) is 0 Å². The minimum Gasteiger partial charge on any atom is -0.543 e. The Labute approximate surface area is 182 Å². The first kappa shape index (κ1) is 23.0. The molecule has 1 heterocycles. The summed E-state index contributed by atoms with van der Waals surface area (Å²) >= 11 is 0. The van der Waals surface area contributed by atoms with Crippen molar-refractivity contribution in [2.45, 2.75) is 103 Å². The summed E-state index contributed by atoms with van der Waals surface area (Å²) in [7, 11) is -2.14. The Hall–Kier alpha value is -1.62. The van der Waals surface area contributed by atoms with Crippen molar-refractivity contribution in [3.63, 3.8) is 0 Å². The predicted octanol–water partition coefficient (Wildman–Crippen LogP) is 6.17. The smallest absolute Gasteiger partial charge is 0.250 e. The van der Waals surface area contributed by atoms with Gasteiger partial charge in [-0.05, 0) is 69.9 Å². The third-order valence-electron chi connectivity index (χ3n) is 7.62. The van der Waals surface area contributed by atoms with Crippen LogP contribution in [0.3, 0.4) is 0 Å². The summed E-state index contributed by atoms with van der Waals surface area (Å²) in [5.41, 5.74) is 0.910. The van der Waals surface area contributed by atoms with Gasteiger partial charge in [-0.25, -0.2) is 0 Å². The summed E-state index contributed by atoms with van der Waals surface area (Å²) in [4.78, 5) is 24.3. The Balaban J connectivity index is 2.24. The molecule has 30 heavy (non-hydrogen) atoms. The maximum Gasteiger partial charge on any atom is 0.250 e. The maximum atomic E-state index is 12.4. The first-order valence-corrected chi connectivity index (χ1v) is 14.0. The third-order valence-corrected chi connectivity index (χ3v) is 12.0. The number of aldehydes is 1. The number of carbonyl (C=O) groups is 2. The molecule has 1 aliphatic heterocycles. The van der Waals surface area contributed by atoms with E-state index in [2.05, 4.69) is 47.7 Å². The molecule has 3 rings (SSSR count). The molecule has 1 fully saturated rings. The van der Waals surface area contributed by atoms with Gasteiger partial charge in [-0.3, -0.25) is 4.79 Å². The molecule has 5 heteroatoms. The molecule has 1 aromatic carbocycles. The van der Waals surface area contributed by atoms with Crippen LogP contribution < -0.4 is 9.16 Å². The fraction of sp³-hybridized carbons (Fsp3) is 0.680. The molecular weight excluding hydrogens is 392 g/mol. The number of ether oxygens (including phenoxy) is 1. The van der Waals surface area contributed by atoms with Crippen LogP contribution in [0.4, 0.5) is 0 Å². The average molecular weight is 431 g/mol. The summed E-state index contributed by atoms with van der Waals surface area (Å²) in [5, 5.41) is 0.0344. The molecule has 0 spiro atoms. The van der Waals surface area contributed by atoms with Gasteiger partial charge in [-0.15, -0.1) is 0 Å². The molecule has 1 aromatic rings. The van der Waals surface area contributed by atoms with Gasteiger partial charge in [0.05, 0.1) is 0 Å². The van der Waals surface area contributed by atoms with E-state index in [-0.39, 0.29) is 22.5 Å². The summed E-state index contributed by atoms with van der Waals surface area (Å²) < 4.78 is 13.4. The molecule has 1 aliphatic carbocycles. The SMILES string of the molecule is CC(C)(C=O)c1cc2c(c(O[Si](C)(C)C(C)(C)C)c1)[C@@H]1CC(=O)CC[C@H]1C(C)(C)O2. The van der Waals surface area contributed by atoms with E-state index >= 15 is 0 Å². The Morgan fingerprint density at radius 1 is 1.17 bits per heavy atom. The van der Waals surface area contributed by atoms with Gasteiger partial charge in [0.15, 0.2) is 0 Å². The number of hydrogen-bond donors (Lipinski definition) is 0. The number of carbonyl (C=O) groups excluding carboxylic acids is 2. The number of fused-ring (bicyclic) bond motifs is 3. The van der Waals surface area contributed by atoms with Gasteiger partial charge in [0, 0.05) is 35.7 Å². The van der Waals surface area contributed by atoms with Crippen molar-refractivity contribution in [3.8, 4) is 11.5 Å². The Morgan fingerprint density at radius 3 is 2.37 bits per heavy atom. The first-order chi connectivity index (χ1) is 13.6. The van der Waals surface area contributed by atoms with E-state index in [1.165, 1.54) is 0 Å². The molecule has 0 N–H and O–H groups in total. The minimum absolute atomic E-state index is 0.0344. The summed E-state index contributed by atoms with van der Waals surface area (Å²) in [6.45, 7) is 19.2. The van der Waals surface area contributed by atoms with Crippen LogP contribution in [0.2, 0.25) is 18.1 Å². The lowest BCUT2D eigenvalue weighted by molar-refractivity contribution is -0.124. The van der Waals surface area contributed by atoms with Gasteiger partial charge < -0.3 is 14.0 Å². The molecule has 0 radical (unpaired) electrons. The van der Waals surface area contributed by atoms with Gasteiger partial charge >= 0.3 is 0 Å². The fourth-order valence-corrected chi connectivity index (χ4v) is 5.53. The van der Waals surface area contributed by atoms with Crippen LogP contribution in [-0.4, -0.2) is 26.0 Å². The van der Waals surface area contributed by atoms with Crippen LogP contribution in [0.5, 0.6) is 11.5 Å². The number of Topliss-reactive ketones (excluding diaryl/α,β-unsaturated/α-hetero) is 1. The summed E-state index contributed by atoms with van der Waals surface area (Å²) in [6, 6.07) is 4.03. The van der Waals surface area contributed by atoms with Gasteiger partial charge in [-0.2, -0.15) is 0 Å². The minimum atomic E-state index is -2.14. The number of rotatable bonds is 4. The lowest BCUT2D eigenvalue weighted by Crippen LogP contribution is -2.48. The lowest BCUT2D eigenvalue weighted by atomic mass is 9.66. The number of hydrogen-bond acceptors (Lipinski definition) is 4. The zero-order valence-corrected chi connectivity index (χ0v) is 21.1. The molecular formula is C25H38O4Si. The second-order valence-electron chi connectivity index (χ2n) is 11.8. The third kappa shape index (κ3) is 3.97. The maximum absolute atomic E-state index is 12.4. The lowest BCUT2D eigenvalue weighted by Gasteiger charge is -2.48. The fourth-order valence-electron chi connectivity index (χ4n) is 4.51. The largest absolute Gasteiger partial charge is 0.543 e. The molecule has 0 unspecified atom stereocenters. The standard InChI is InChI=1S/C25H38O4Si/c1-23(2,3)30(8,9)29-21-13-16(24(4,5)15-26)12-20-22(21)18-14-17(27)10-11-19(18)25(6,7)28-20/h12-13,15,18-19H,10-11,14H2,1-9H3/t18-,19-/m1/s1. The van der Waals surface area contributed by atoms with Crippen molar-refractivity contribution in [1.82, 2.24) is 0 Å². The molecule has 0 bridgehead atoms.